The van der Waals surface area contributed by atoms with Crippen molar-refractivity contribution in [3.05, 3.63) is 0 Å². The molecule has 1 heterocycles. The number of hydrogen-bond acceptors (Lipinski definition) is 3. The molecule has 18 heavy (non-hydrogen) atoms. The molecule has 0 amide bonds. The average Bonchev–Trinajstić information content (AvgIpc) is 2.97. The van der Waals surface area contributed by atoms with E-state index in [-0.39, 0.29) is 0 Å². The Morgan fingerprint density at radius 1 is 1.22 bits per heavy atom. The van der Waals surface area contributed by atoms with Crippen LogP contribution in [0.25, 0.3) is 0 Å². The molecular weight excluding hydrogens is 224 g/mol. The normalized spacial score (nSPS) is 31.0. The summed E-state index contributed by atoms with van der Waals surface area (Å²) in [7, 11) is 0. The van der Waals surface area contributed by atoms with Gasteiger partial charge in [-0.05, 0) is 31.2 Å². The first-order chi connectivity index (χ1) is 8.73. The van der Waals surface area contributed by atoms with Crippen LogP contribution in [0.1, 0.15) is 46.0 Å². The number of rotatable bonds is 7. The molecule has 2 aliphatic rings. The van der Waals surface area contributed by atoms with Crippen LogP contribution >= 0.6 is 0 Å². The largest absolute Gasteiger partial charge is 0.379 e. The van der Waals surface area contributed by atoms with E-state index in [4.69, 9.17) is 4.74 Å². The fourth-order valence-corrected chi connectivity index (χ4v) is 3.32. The molecule has 1 aliphatic heterocycles. The number of hydrogen-bond donors (Lipinski definition) is 2. The summed E-state index contributed by atoms with van der Waals surface area (Å²) in [5.41, 5.74) is 0.561. The topological polar surface area (TPSA) is 33.3 Å². The Morgan fingerprint density at radius 3 is 2.72 bits per heavy atom. The molecule has 1 aliphatic carbocycles. The zero-order chi connectivity index (χ0) is 12.8. The first-order valence-corrected chi connectivity index (χ1v) is 7.75. The summed E-state index contributed by atoms with van der Waals surface area (Å²) in [4.78, 5) is 0. The Bertz CT molecular complexity index is 239. The van der Waals surface area contributed by atoms with Crippen molar-refractivity contribution in [2.45, 2.75) is 52.0 Å². The van der Waals surface area contributed by atoms with Gasteiger partial charge in [0.15, 0.2) is 0 Å². The van der Waals surface area contributed by atoms with Crippen LogP contribution in [-0.2, 0) is 4.74 Å². The molecule has 0 spiro atoms. The highest BCUT2D eigenvalue weighted by Gasteiger charge is 2.30. The molecule has 2 rings (SSSR count). The minimum absolute atomic E-state index is 0.561. The van der Waals surface area contributed by atoms with Gasteiger partial charge in [-0.3, -0.25) is 0 Å². The highest BCUT2D eigenvalue weighted by molar-refractivity contribution is 4.86. The highest BCUT2D eigenvalue weighted by Crippen LogP contribution is 2.36. The molecule has 1 saturated heterocycles. The summed E-state index contributed by atoms with van der Waals surface area (Å²) in [6.45, 7) is 9.87. The zero-order valence-electron chi connectivity index (χ0n) is 12.1. The molecule has 0 radical (unpaired) electrons. The molecule has 3 nitrogen and oxygen atoms in total. The second-order valence-corrected chi connectivity index (χ2v) is 6.51. The maximum atomic E-state index is 5.61. The number of ether oxygens (including phenoxy) is 1. The van der Waals surface area contributed by atoms with Gasteiger partial charge in [-0.1, -0.05) is 26.7 Å². The first kappa shape index (κ1) is 14.3. The lowest BCUT2D eigenvalue weighted by Crippen LogP contribution is -2.42. The van der Waals surface area contributed by atoms with Gasteiger partial charge >= 0.3 is 0 Å². The van der Waals surface area contributed by atoms with Crippen molar-refractivity contribution in [2.24, 2.45) is 11.3 Å². The van der Waals surface area contributed by atoms with E-state index in [1.807, 2.05) is 0 Å². The number of nitrogens with one attached hydrogen (secondary N) is 2. The van der Waals surface area contributed by atoms with Crippen LogP contribution in [0.5, 0.6) is 0 Å². The van der Waals surface area contributed by atoms with Crippen molar-refractivity contribution in [1.29, 1.82) is 0 Å². The minimum atomic E-state index is 0.561. The van der Waals surface area contributed by atoms with E-state index >= 15 is 0 Å². The van der Waals surface area contributed by atoms with Crippen LogP contribution < -0.4 is 10.6 Å². The predicted molar refractivity (Wildman–Crippen MR) is 75.8 cm³/mol. The maximum Gasteiger partial charge on any atom is 0.0623 e. The second-order valence-electron chi connectivity index (χ2n) is 6.51. The van der Waals surface area contributed by atoms with E-state index in [9.17, 15) is 0 Å². The van der Waals surface area contributed by atoms with Crippen molar-refractivity contribution in [3.63, 3.8) is 0 Å². The van der Waals surface area contributed by atoms with Crippen molar-refractivity contribution in [3.8, 4) is 0 Å². The Labute approximate surface area is 112 Å². The summed E-state index contributed by atoms with van der Waals surface area (Å²) in [5, 5.41) is 7.30. The van der Waals surface area contributed by atoms with Gasteiger partial charge in [-0.2, -0.15) is 0 Å². The molecule has 2 atom stereocenters. The molecule has 0 bridgehead atoms. The maximum absolute atomic E-state index is 5.61. The van der Waals surface area contributed by atoms with Gasteiger partial charge in [0.25, 0.3) is 0 Å². The van der Waals surface area contributed by atoms with Crippen LogP contribution in [0.2, 0.25) is 0 Å². The van der Waals surface area contributed by atoms with Gasteiger partial charge < -0.3 is 15.4 Å². The molecule has 2 N–H and O–H groups in total. The Balaban J connectivity index is 1.65. The molecule has 2 unspecified atom stereocenters. The SMILES string of the molecule is CCCNC1COCC1CNCC1(C)CCCC1. The van der Waals surface area contributed by atoms with Gasteiger partial charge in [0.1, 0.15) is 0 Å². The third-order valence-corrected chi connectivity index (χ3v) is 4.62. The monoisotopic (exact) mass is 254 g/mol. The lowest BCUT2D eigenvalue weighted by atomic mass is 9.88. The van der Waals surface area contributed by atoms with Crippen molar-refractivity contribution < 1.29 is 4.74 Å². The average molecular weight is 254 g/mol. The van der Waals surface area contributed by atoms with Gasteiger partial charge in [0, 0.05) is 25.0 Å². The fraction of sp³-hybridized carbons (Fsp3) is 1.00. The summed E-state index contributed by atoms with van der Waals surface area (Å²) in [6.07, 6.45) is 6.85. The summed E-state index contributed by atoms with van der Waals surface area (Å²) in [5.74, 6) is 0.654. The quantitative estimate of drug-likeness (QED) is 0.730. The van der Waals surface area contributed by atoms with E-state index in [1.54, 1.807) is 0 Å². The van der Waals surface area contributed by atoms with E-state index in [0.717, 1.165) is 26.3 Å². The van der Waals surface area contributed by atoms with Crippen molar-refractivity contribution >= 4 is 0 Å². The van der Waals surface area contributed by atoms with Crippen LogP contribution in [-0.4, -0.2) is 38.9 Å². The third kappa shape index (κ3) is 3.94. The smallest absolute Gasteiger partial charge is 0.0623 e. The summed E-state index contributed by atoms with van der Waals surface area (Å²) in [6, 6.07) is 0.564. The lowest BCUT2D eigenvalue weighted by Gasteiger charge is -2.26. The minimum Gasteiger partial charge on any atom is -0.379 e. The van der Waals surface area contributed by atoms with E-state index in [0.29, 0.717) is 17.4 Å². The fourth-order valence-electron chi connectivity index (χ4n) is 3.32. The van der Waals surface area contributed by atoms with E-state index < -0.39 is 0 Å². The zero-order valence-corrected chi connectivity index (χ0v) is 12.1. The molecule has 0 aromatic carbocycles. The second kappa shape index (κ2) is 6.88. The Morgan fingerprint density at radius 2 is 2.00 bits per heavy atom. The van der Waals surface area contributed by atoms with Crippen molar-refractivity contribution in [2.75, 3.05) is 32.8 Å². The predicted octanol–water partition coefficient (Wildman–Crippen LogP) is 2.17. The summed E-state index contributed by atoms with van der Waals surface area (Å²) < 4.78 is 5.61. The van der Waals surface area contributed by atoms with Gasteiger partial charge in [-0.25, -0.2) is 0 Å². The summed E-state index contributed by atoms with van der Waals surface area (Å²) >= 11 is 0. The molecule has 106 valence electrons. The Kier molecular flexibility index (Phi) is 5.46. The molecule has 2 fully saturated rings. The van der Waals surface area contributed by atoms with Crippen LogP contribution in [0.4, 0.5) is 0 Å². The molecule has 3 heteroatoms. The van der Waals surface area contributed by atoms with Crippen LogP contribution in [0, 0.1) is 11.3 Å². The third-order valence-electron chi connectivity index (χ3n) is 4.62. The van der Waals surface area contributed by atoms with E-state index in [2.05, 4.69) is 24.5 Å². The molecule has 0 aromatic heterocycles. The Hall–Kier alpha value is -0.120. The van der Waals surface area contributed by atoms with Gasteiger partial charge in [0.2, 0.25) is 0 Å². The van der Waals surface area contributed by atoms with Gasteiger partial charge in [-0.15, -0.1) is 0 Å². The highest BCUT2D eigenvalue weighted by atomic mass is 16.5. The van der Waals surface area contributed by atoms with Crippen LogP contribution in [0.15, 0.2) is 0 Å². The van der Waals surface area contributed by atoms with E-state index in [1.165, 1.54) is 38.6 Å². The molecule has 1 saturated carbocycles. The molecule has 0 aromatic rings. The van der Waals surface area contributed by atoms with Crippen molar-refractivity contribution in [1.82, 2.24) is 10.6 Å². The lowest BCUT2D eigenvalue weighted by molar-refractivity contribution is 0.181. The van der Waals surface area contributed by atoms with Gasteiger partial charge in [0.05, 0.1) is 13.2 Å². The molecular formula is C15H30N2O. The first-order valence-electron chi connectivity index (χ1n) is 7.75. The standard InChI is InChI=1S/C15H30N2O/c1-3-8-17-14-11-18-10-13(14)9-16-12-15(2)6-4-5-7-15/h13-14,16-17H,3-12H2,1-2H3. The van der Waals surface area contributed by atoms with Crippen LogP contribution in [0.3, 0.4) is 0 Å².